The minimum atomic E-state index is -0.0181. The molecule has 0 bridgehead atoms. The third kappa shape index (κ3) is 1.69. The van der Waals surface area contributed by atoms with Crippen LogP contribution in [-0.2, 0) is 0 Å². The van der Waals surface area contributed by atoms with Gasteiger partial charge in [0.25, 0.3) is 0 Å². The van der Waals surface area contributed by atoms with Crippen LogP contribution in [0.4, 0.5) is 0 Å². The number of carbonyl (C=O) groups excluding carboxylic acids is 1. The summed E-state index contributed by atoms with van der Waals surface area (Å²) in [5.74, 6) is 0.355. The minimum Gasteiger partial charge on any atom is -0.508 e. The molecule has 1 aliphatic carbocycles. The predicted octanol–water partition coefficient (Wildman–Crippen LogP) is 4.62. The SMILES string of the molecule is O=C1c2cc3cc(O)ccc3cc2-c2cc3ccc(O)cc3cc21. The zero-order chi connectivity index (χ0) is 16.4. The van der Waals surface area contributed by atoms with E-state index < -0.39 is 0 Å². The van der Waals surface area contributed by atoms with E-state index >= 15 is 0 Å². The topological polar surface area (TPSA) is 57.5 Å². The molecule has 0 fully saturated rings. The zero-order valence-electron chi connectivity index (χ0n) is 12.6. The number of aromatic hydroxyl groups is 2. The summed E-state index contributed by atoms with van der Waals surface area (Å²) in [7, 11) is 0. The van der Waals surface area contributed by atoms with Crippen molar-refractivity contribution in [1.29, 1.82) is 0 Å². The number of rotatable bonds is 0. The van der Waals surface area contributed by atoms with Gasteiger partial charge in [-0.25, -0.2) is 0 Å². The van der Waals surface area contributed by atoms with Gasteiger partial charge in [0, 0.05) is 11.1 Å². The van der Waals surface area contributed by atoms with Gasteiger partial charge in [0.1, 0.15) is 11.5 Å². The number of ketones is 1. The average molecular weight is 312 g/mol. The maximum Gasteiger partial charge on any atom is 0.194 e. The van der Waals surface area contributed by atoms with Crippen LogP contribution < -0.4 is 0 Å². The first-order valence-corrected chi connectivity index (χ1v) is 7.69. The molecular formula is C21H12O3. The summed E-state index contributed by atoms with van der Waals surface area (Å²) < 4.78 is 0. The molecule has 0 spiro atoms. The van der Waals surface area contributed by atoms with Gasteiger partial charge in [0.15, 0.2) is 5.78 Å². The standard InChI is InChI=1S/C21H12O3/c22-15-3-1-11-7-17-18-8-12-2-4-16(23)6-14(12)10-20(18)21(24)19(17)9-13(11)5-15/h1-10,22-23H. The molecule has 24 heavy (non-hydrogen) atoms. The van der Waals surface area contributed by atoms with Crippen LogP contribution in [0.1, 0.15) is 15.9 Å². The molecule has 1 aliphatic rings. The predicted molar refractivity (Wildman–Crippen MR) is 93.7 cm³/mol. The number of benzene rings is 4. The van der Waals surface area contributed by atoms with E-state index in [-0.39, 0.29) is 17.3 Å². The van der Waals surface area contributed by atoms with E-state index in [1.807, 2.05) is 36.4 Å². The Morgan fingerprint density at radius 2 is 0.917 bits per heavy atom. The van der Waals surface area contributed by atoms with Crippen LogP contribution in [0.2, 0.25) is 0 Å². The Balaban J connectivity index is 1.85. The molecule has 2 N–H and O–H groups in total. The Morgan fingerprint density at radius 3 is 1.38 bits per heavy atom. The molecule has 3 nitrogen and oxygen atoms in total. The molecular weight excluding hydrogens is 300 g/mol. The van der Waals surface area contributed by atoms with E-state index in [1.54, 1.807) is 24.3 Å². The lowest BCUT2D eigenvalue weighted by Gasteiger charge is -2.05. The van der Waals surface area contributed by atoms with Gasteiger partial charge in [-0.15, -0.1) is 0 Å². The molecule has 0 atom stereocenters. The molecule has 4 aromatic carbocycles. The van der Waals surface area contributed by atoms with Gasteiger partial charge < -0.3 is 10.2 Å². The third-order valence-electron chi connectivity index (χ3n) is 4.70. The van der Waals surface area contributed by atoms with Crippen molar-refractivity contribution >= 4 is 27.3 Å². The molecule has 0 radical (unpaired) electrons. The van der Waals surface area contributed by atoms with E-state index in [1.165, 1.54) is 0 Å². The number of carbonyl (C=O) groups is 1. The van der Waals surface area contributed by atoms with Crippen LogP contribution >= 0.6 is 0 Å². The molecule has 0 amide bonds. The first-order chi connectivity index (χ1) is 11.6. The molecule has 4 aromatic rings. The fraction of sp³-hybridized carbons (Fsp3) is 0. The van der Waals surface area contributed by atoms with E-state index in [9.17, 15) is 15.0 Å². The first-order valence-electron chi connectivity index (χ1n) is 7.69. The van der Waals surface area contributed by atoms with Crippen molar-refractivity contribution < 1.29 is 15.0 Å². The Labute approximate surface area is 137 Å². The zero-order valence-corrected chi connectivity index (χ0v) is 12.6. The smallest absolute Gasteiger partial charge is 0.194 e. The van der Waals surface area contributed by atoms with Gasteiger partial charge in [0.05, 0.1) is 0 Å². The Bertz CT molecular complexity index is 1100. The summed E-state index contributed by atoms with van der Waals surface area (Å²) >= 11 is 0. The largest absolute Gasteiger partial charge is 0.508 e. The van der Waals surface area contributed by atoms with Crippen LogP contribution in [0.3, 0.4) is 0 Å². The number of fused-ring (bicyclic) bond motifs is 5. The summed E-state index contributed by atoms with van der Waals surface area (Å²) in [6.45, 7) is 0. The lowest BCUT2D eigenvalue weighted by molar-refractivity contribution is 0.104. The highest BCUT2D eigenvalue weighted by atomic mass is 16.3. The lowest BCUT2D eigenvalue weighted by Crippen LogP contribution is -1.95. The van der Waals surface area contributed by atoms with Gasteiger partial charge in [-0.2, -0.15) is 0 Å². The summed E-state index contributed by atoms with van der Waals surface area (Å²) in [6.07, 6.45) is 0. The first kappa shape index (κ1) is 13.1. The van der Waals surface area contributed by atoms with Crippen LogP contribution in [0.15, 0.2) is 60.7 Å². The van der Waals surface area contributed by atoms with Crippen molar-refractivity contribution in [3.8, 4) is 22.6 Å². The quantitative estimate of drug-likeness (QED) is 0.439. The highest BCUT2D eigenvalue weighted by molar-refractivity contribution is 6.24. The van der Waals surface area contributed by atoms with Gasteiger partial charge >= 0.3 is 0 Å². The maximum atomic E-state index is 12.8. The summed E-state index contributed by atoms with van der Waals surface area (Å²) in [5.41, 5.74) is 3.15. The van der Waals surface area contributed by atoms with Crippen LogP contribution in [-0.4, -0.2) is 16.0 Å². The van der Waals surface area contributed by atoms with E-state index in [0.717, 1.165) is 32.7 Å². The lowest BCUT2D eigenvalue weighted by atomic mass is 9.98. The second-order valence-corrected chi connectivity index (χ2v) is 6.19. The molecule has 0 saturated heterocycles. The summed E-state index contributed by atoms with van der Waals surface area (Å²) in [5, 5.41) is 23.0. The maximum absolute atomic E-state index is 12.8. The highest BCUT2D eigenvalue weighted by Gasteiger charge is 2.27. The van der Waals surface area contributed by atoms with Crippen LogP contribution in [0, 0.1) is 0 Å². The van der Waals surface area contributed by atoms with Gasteiger partial charge in [0.2, 0.25) is 0 Å². The molecule has 0 aliphatic heterocycles. The number of phenolic OH excluding ortho intramolecular Hbond substituents is 2. The fourth-order valence-corrected chi connectivity index (χ4v) is 3.54. The van der Waals surface area contributed by atoms with Gasteiger partial charge in [-0.05, 0) is 81.2 Å². The van der Waals surface area contributed by atoms with E-state index in [0.29, 0.717) is 11.1 Å². The van der Waals surface area contributed by atoms with Crippen LogP contribution in [0.5, 0.6) is 11.5 Å². The third-order valence-corrected chi connectivity index (χ3v) is 4.70. The van der Waals surface area contributed by atoms with Crippen LogP contribution in [0.25, 0.3) is 32.7 Å². The summed E-state index contributed by atoms with van der Waals surface area (Å²) in [4.78, 5) is 12.8. The monoisotopic (exact) mass is 312 g/mol. The number of phenols is 2. The summed E-state index contributed by atoms with van der Waals surface area (Å²) in [6, 6.07) is 18.0. The molecule has 0 aromatic heterocycles. The van der Waals surface area contributed by atoms with E-state index in [2.05, 4.69) is 0 Å². The molecule has 5 rings (SSSR count). The Hall–Kier alpha value is -3.33. The second-order valence-electron chi connectivity index (χ2n) is 6.19. The molecule has 0 saturated carbocycles. The molecule has 0 heterocycles. The Morgan fingerprint density at radius 1 is 0.500 bits per heavy atom. The molecule has 114 valence electrons. The molecule has 0 unspecified atom stereocenters. The second kappa shape index (κ2) is 4.36. The van der Waals surface area contributed by atoms with Crippen molar-refractivity contribution in [2.75, 3.05) is 0 Å². The van der Waals surface area contributed by atoms with Crippen molar-refractivity contribution in [3.63, 3.8) is 0 Å². The minimum absolute atomic E-state index is 0.0181. The van der Waals surface area contributed by atoms with E-state index in [4.69, 9.17) is 0 Å². The van der Waals surface area contributed by atoms with Crippen molar-refractivity contribution in [2.24, 2.45) is 0 Å². The van der Waals surface area contributed by atoms with Crippen molar-refractivity contribution in [3.05, 3.63) is 71.8 Å². The molecule has 3 heteroatoms. The highest BCUT2D eigenvalue weighted by Crippen LogP contribution is 2.41. The Kier molecular flexibility index (Phi) is 2.39. The normalized spacial score (nSPS) is 12.6. The van der Waals surface area contributed by atoms with Crippen molar-refractivity contribution in [2.45, 2.75) is 0 Å². The number of hydrogen-bond donors (Lipinski definition) is 2. The van der Waals surface area contributed by atoms with Gasteiger partial charge in [-0.3, -0.25) is 4.79 Å². The van der Waals surface area contributed by atoms with Crippen molar-refractivity contribution in [1.82, 2.24) is 0 Å². The fourth-order valence-electron chi connectivity index (χ4n) is 3.54. The number of hydrogen-bond acceptors (Lipinski definition) is 3. The average Bonchev–Trinajstić information content (AvgIpc) is 2.83. The van der Waals surface area contributed by atoms with Gasteiger partial charge in [-0.1, -0.05) is 12.1 Å².